The van der Waals surface area contributed by atoms with Crippen LogP contribution in [0.4, 0.5) is 11.9 Å². The van der Waals surface area contributed by atoms with E-state index in [4.69, 9.17) is 4.74 Å². The van der Waals surface area contributed by atoms with Gasteiger partial charge in [0.1, 0.15) is 0 Å². The normalized spacial score (nSPS) is 10.2. The van der Waals surface area contributed by atoms with E-state index in [1.165, 1.54) is 7.11 Å². The summed E-state index contributed by atoms with van der Waals surface area (Å²) in [7, 11) is 1.52. The highest BCUT2D eigenvalue weighted by Gasteiger charge is 2.05. The van der Waals surface area contributed by atoms with Gasteiger partial charge in [0, 0.05) is 19.3 Å². The van der Waals surface area contributed by atoms with Crippen LogP contribution in [0.15, 0.2) is 12.4 Å². The summed E-state index contributed by atoms with van der Waals surface area (Å²) >= 11 is 0. The van der Waals surface area contributed by atoms with E-state index in [0.29, 0.717) is 25.0 Å². The lowest BCUT2D eigenvalue weighted by atomic mass is 10.6. The molecule has 2 heterocycles. The fourth-order valence-electron chi connectivity index (χ4n) is 1.40. The number of nitrogens with one attached hydrogen (secondary N) is 2. The minimum absolute atomic E-state index is 0.272. The third-order valence-electron chi connectivity index (χ3n) is 2.23. The smallest absolute Gasteiger partial charge is 0.322 e. The van der Waals surface area contributed by atoms with Gasteiger partial charge in [0.05, 0.1) is 19.9 Å². The summed E-state index contributed by atoms with van der Waals surface area (Å²) in [6, 6.07) is 0.272. The zero-order chi connectivity index (χ0) is 13.5. The highest BCUT2D eigenvalue weighted by atomic mass is 16.5. The van der Waals surface area contributed by atoms with Gasteiger partial charge in [-0.1, -0.05) is 5.21 Å². The number of methoxy groups -OCH3 is 1. The highest BCUT2D eigenvalue weighted by molar-refractivity contribution is 5.35. The van der Waals surface area contributed by atoms with E-state index in [1.807, 2.05) is 6.92 Å². The van der Waals surface area contributed by atoms with Crippen molar-refractivity contribution in [2.75, 3.05) is 30.8 Å². The van der Waals surface area contributed by atoms with Gasteiger partial charge in [-0.05, 0) is 6.92 Å². The standard InChI is InChI=1S/C10H16N8O/c1-3-11-8-14-9(16-10(15-8)19-2)12-4-6-18-7-5-13-17-18/h5,7H,3-4,6H2,1-2H3,(H2,11,12,14,15,16). The van der Waals surface area contributed by atoms with E-state index >= 15 is 0 Å². The molecule has 2 N–H and O–H groups in total. The molecule has 19 heavy (non-hydrogen) atoms. The Labute approximate surface area is 110 Å². The number of hydrogen-bond acceptors (Lipinski definition) is 8. The van der Waals surface area contributed by atoms with Crippen LogP contribution in [0.5, 0.6) is 6.01 Å². The lowest BCUT2D eigenvalue weighted by Gasteiger charge is -2.08. The maximum atomic E-state index is 5.02. The molecule has 9 heteroatoms. The molecule has 2 aromatic heterocycles. The molecular weight excluding hydrogens is 248 g/mol. The quantitative estimate of drug-likeness (QED) is 0.721. The number of hydrogen-bond donors (Lipinski definition) is 2. The van der Waals surface area contributed by atoms with E-state index in [1.54, 1.807) is 17.1 Å². The van der Waals surface area contributed by atoms with Crippen molar-refractivity contribution in [2.24, 2.45) is 0 Å². The molecule has 0 aliphatic heterocycles. The van der Waals surface area contributed by atoms with Crippen molar-refractivity contribution >= 4 is 11.9 Å². The topological polar surface area (TPSA) is 103 Å². The lowest BCUT2D eigenvalue weighted by Crippen LogP contribution is -2.14. The molecule has 0 saturated heterocycles. The Hall–Kier alpha value is -2.45. The Balaban J connectivity index is 1.96. The number of aromatic nitrogens is 6. The van der Waals surface area contributed by atoms with Gasteiger partial charge >= 0.3 is 6.01 Å². The predicted octanol–water partition coefficient (Wildman–Crippen LogP) is 0.0156. The zero-order valence-corrected chi connectivity index (χ0v) is 10.9. The number of nitrogens with zero attached hydrogens (tertiary/aromatic N) is 6. The Morgan fingerprint density at radius 3 is 2.63 bits per heavy atom. The first-order chi connectivity index (χ1) is 9.31. The van der Waals surface area contributed by atoms with Crippen LogP contribution in [0.25, 0.3) is 0 Å². The van der Waals surface area contributed by atoms with Crippen LogP contribution >= 0.6 is 0 Å². The third kappa shape index (κ3) is 3.76. The molecule has 102 valence electrons. The number of anilines is 2. The van der Waals surface area contributed by atoms with Crippen molar-refractivity contribution in [3.63, 3.8) is 0 Å². The first kappa shape index (κ1) is 13.0. The van der Waals surface area contributed by atoms with Crippen molar-refractivity contribution in [3.05, 3.63) is 12.4 Å². The summed E-state index contributed by atoms with van der Waals surface area (Å²) in [5.74, 6) is 0.945. The van der Waals surface area contributed by atoms with E-state index in [2.05, 4.69) is 35.9 Å². The maximum absolute atomic E-state index is 5.02. The van der Waals surface area contributed by atoms with Gasteiger partial charge in [-0.25, -0.2) is 0 Å². The fourth-order valence-corrected chi connectivity index (χ4v) is 1.40. The maximum Gasteiger partial charge on any atom is 0.322 e. The molecule has 0 unspecified atom stereocenters. The molecule has 0 aromatic carbocycles. The van der Waals surface area contributed by atoms with E-state index in [0.717, 1.165) is 6.54 Å². The first-order valence-corrected chi connectivity index (χ1v) is 5.93. The molecule has 0 aliphatic carbocycles. The fraction of sp³-hybridized carbons (Fsp3) is 0.500. The van der Waals surface area contributed by atoms with Gasteiger partial charge in [-0.15, -0.1) is 5.10 Å². The van der Waals surface area contributed by atoms with E-state index in [-0.39, 0.29) is 6.01 Å². The largest absolute Gasteiger partial charge is 0.467 e. The van der Waals surface area contributed by atoms with Gasteiger partial charge in [-0.3, -0.25) is 4.68 Å². The molecule has 0 radical (unpaired) electrons. The Bertz CT molecular complexity index is 500. The molecule has 0 fully saturated rings. The number of rotatable bonds is 7. The molecule has 0 aliphatic rings. The summed E-state index contributed by atoms with van der Waals surface area (Å²) in [6.45, 7) is 3.99. The highest BCUT2D eigenvalue weighted by Crippen LogP contribution is 2.10. The summed E-state index contributed by atoms with van der Waals surface area (Å²) in [5, 5.41) is 13.7. The molecule has 2 rings (SSSR count). The average molecular weight is 264 g/mol. The molecule has 0 atom stereocenters. The Morgan fingerprint density at radius 1 is 1.21 bits per heavy atom. The van der Waals surface area contributed by atoms with Crippen LogP contribution in [-0.2, 0) is 6.54 Å². The lowest BCUT2D eigenvalue weighted by molar-refractivity contribution is 0.379. The first-order valence-electron chi connectivity index (χ1n) is 5.93. The van der Waals surface area contributed by atoms with Crippen LogP contribution in [0.1, 0.15) is 6.92 Å². The Kier molecular flexibility index (Phi) is 4.43. The van der Waals surface area contributed by atoms with Gasteiger partial charge in [0.2, 0.25) is 11.9 Å². The monoisotopic (exact) mass is 264 g/mol. The second-order valence-electron chi connectivity index (χ2n) is 3.59. The van der Waals surface area contributed by atoms with E-state index in [9.17, 15) is 0 Å². The molecule has 0 saturated carbocycles. The third-order valence-corrected chi connectivity index (χ3v) is 2.23. The molecule has 2 aromatic rings. The second-order valence-corrected chi connectivity index (χ2v) is 3.59. The van der Waals surface area contributed by atoms with Crippen LogP contribution in [0.3, 0.4) is 0 Å². The Morgan fingerprint density at radius 2 is 2.00 bits per heavy atom. The van der Waals surface area contributed by atoms with Gasteiger partial charge < -0.3 is 15.4 Å². The summed E-state index contributed by atoms with van der Waals surface area (Å²) in [6.07, 6.45) is 3.43. The molecular formula is C10H16N8O. The molecule has 9 nitrogen and oxygen atoms in total. The summed E-state index contributed by atoms with van der Waals surface area (Å²) in [4.78, 5) is 12.4. The molecule has 0 spiro atoms. The predicted molar refractivity (Wildman–Crippen MR) is 69.1 cm³/mol. The van der Waals surface area contributed by atoms with E-state index < -0.39 is 0 Å². The van der Waals surface area contributed by atoms with Crippen molar-refractivity contribution in [1.29, 1.82) is 0 Å². The summed E-state index contributed by atoms with van der Waals surface area (Å²) in [5.41, 5.74) is 0. The van der Waals surface area contributed by atoms with Crippen LogP contribution in [0.2, 0.25) is 0 Å². The van der Waals surface area contributed by atoms with Gasteiger partial charge in [0.15, 0.2) is 0 Å². The summed E-state index contributed by atoms with van der Waals surface area (Å²) < 4.78 is 6.74. The average Bonchev–Trinajstić information content (AvgIpc) is 2.92. The van der Waals surface area contributed by atoms with Gasteiger partial charge in [0.25, 0.3) is 0 Å². The second kappa shape index (κ2) is 6.47. The minimum Gasteiger partial charge on any atom is -0.467 e. The molecule has 0 amide bonds. The molecule has 0 bridgehead atoms. The van der Waals surface area contributed by atoms with Crippen molar-refractivity contribution < 1.29 is 4.74 Å². The zero-order valence-electron chi connectivity index (χ0n) is 10.9. The minimum atomic E-state index is 0.272. The van der Waals surface area contributed by atoms with Crippen molar-refractivity contribution in [1.82, 2.24) is 29.9 Å². The van der Waals surface area contributed by atoms with Crippen molar-refractivity contribution in [3.8, 4) is 6.01 Å². The van der Waals surface area contributed by atoms with Crippen LogP contribution < -0.4 is 15.4 Å². The van der Waals surface area contributed by atoms with Crippen molar-refractivity contribution in [2.45, 2.75) is 13.5 Å². The SMILES string of the molecule is CCNc1nc(NCCn2ccnn2)nc(OC)n1. The van der Waals surface area contributed by atoms with Gasteiger partial charge in [-0.2, -0.15) is 15.0 Å². The number of ether oxygens (including phenoxy) is 1. The van der Waals surface area contributed by atoms with Crippen LogP contribution in [0, 0.1) is 0 Å². The van der Waals surface area contributed by atoms with Crippen LogP contribution in [-0.4, -0.2) is 50.1 Å².